The van der Waals surface area contributed by atoms with Gasteiger partial charge in [0.1, 0.15) is 5.69 Å². The summed E-state index contributed by atoms with van der Waals surface area (Å²) < 4.78 is 2.08. The highest BCUT2D eigenvalue weighted by molar-refractivity contribution is 5.92. The largest absolute Gasteiger partial charge is 0.391 e. The summed E-state index contributed by atoms with van der Waals surface area (Å²) >= 11 is 0. The molecule has 0 saturated carbocycles. The molecule has 1 fully saturated rings. The van der Waals surface area contributed by atoms with Gasteiger partial charge in [0.15, 0.2) is 0 Å². The van der Waals surface area contributed by atoms with Crippen LogP contribution in [0.2, 0.25) is 0 Å². The molecule has 1 aliphatic heterocycles. The van der Waals surface area contributed by atoms with Crippen LogP contribution in [-0.2, 0) is 0 Å². The number of aliphatic hydroxyl groups is 1. The van der Waals surface area contributed by atoms with Crippen LogP contribution in [0.5, 0.6) is 0 Å². The zero-order valence-corrected chi connectivity index (χ0v) is 13.7. The number of carbonyl (C=O) groups is 1. The maximum Gasteiger partial charge on any atom is 0.268 e. The molecule has 1 aromatic heterocycles. The maximum absolute atomic E-state index is 12.4. The molecule has 0 aromatic carbocycles. The molecule has 0 aliphatic carbocycles. The number of carbonyl (C=O) groups excluding carboxylic acids is 1. The Hall–Kier alpha value is -1.33. The predicted octanol–water partition coefficient (Wildman–Crippen LogP) is 1.94. The number of nitrogens with zero attached hydrogens (tertiary/aromatic N) is 1. The van der Waals surface area contributed by atoms with Crippen molar-refractivity contribution in [2.24, 2.45) is 5.92 Å². The molecule has 2 rings (SSSR count). The highest BCUT2D eigenvalue weighted by Gasteiger charge is 2.21. The van der Waals surface area contributed by atoms with E-state index in [9.17, 15) is 9.90 Å². The smallest absolute Gasteiger partial charge is 0.268 e. The van der Waals surface area contributed by atoms with Crippen LogP contribution in [0.25, 0.3) is 0 Å². The van der Waals surface area contributed by atoms with Gasteiger partial charge in [-0.25, -0.2) is 0 Å². The molecule has 5 heteroatoms. The van der Waals surface area contributed by atoms with Crippen molar-refractivity contribution in [1.29, 1.82) is 0 Å². The second-order valence-corrected chi connectivity index (χ2v) is 6.14. The minimum Gasteiger partial charge on any atom is -0.391 e. The van der Waals surface area contributed by atoms with E-state index >= 15 is 0 Å². The van der Waals surface area contributed by atoms with E-state index in [4.69, 9.17) is 0 Å². The van der Waals surface area contributed by atoms with Gasteiger partial charge in [0.25, 0.3) is 5.91 Å². The summed E-state index contributed by atoms with van der Waals surface area (Å²) in [5, 5.41) is 16.4. The lowest BCUT2D eigenvalue weighted by Gasteiger charge is -2.26. The van der Waals surface area contributed by atoms with Gasteiger partial charge in [0, 0.05) is 18.8 Å². The third-order valence-corrected chi connectivity index (χ3v) is 4.78. The predicted molar refractivity (Wildman–Crippen MR) is 88.0 cm³/mol. The van der Waals surface area contributed by atoms with Crippen LogP contribution in [0.4, 0.5) is 0 Å². The molecule has 0 bridgehead atoms. The Kier molecular flexibility index (Phi) is 6.46. The zero-order chi connectivity index (χ0) is 15.9. The summed E-state index contributed by atoms with van der Waals surface area (Å²) in [5.41, 5.74) is 0.698. The first-order chi connectivity index (χ1) is 10.7. The van der Waals surface area contributed by atoms with Crippen molar-refractivity contribution in [2.75, 3.05) is 19.6 Å². The van der Waals surface area contributed by atoms with Crippen molar-refractivity contribution in [3.8, 4) is 0 Å². The Morgan fingerprint density at radius 2 is 2.09 bits per heavy atom. The Morgan fingerprint density at radius 3 is 2.73 bits per heavy atom. The fourth-order valence-corrected chi connectivity index (χ4v) is 3.28. The van der Waals surface area contributed by atoms with Gasteiger partial charge in [-0.3, -0.25) is 4.79 Å². The van der Waals surface area contributed by atoms with E-state index in [1.165, 1.54) is 0 Å². The molecule has 1 atom stereocenters. The molecule has 3 N–H and O–H groups in total. The molecule has 1 aliphatic rings. The second kappa shape index (κ2) is 8.34. The van der Waals surface area contributed by atoms with E-state index in [-0.39, 0.29) is 11.8 Å². The summed E-state index contributed by atoms with van der Waals surface area (Å²) in [7, 11) is 0. The number of nitrogens with one attached hydrogen (secondary N) is 2. The number of hydrogen-bond donors (Lipinski definition) is 3. The van der Waals surface area contributed by atoms with Crippen molar-refractivity contribution in [2.45, 2.75) is 51.7 Å². The van der Waals surface area contributed by atoms with Gasteiger partial charge < -0.3 is 20.3 Å². The van der Waals surface area contributed by atoms with Crippen LogP contribution >= 0.6 is 0 Å². The van der Waals surface area contributed by atoms with Crippen molar-refractivity contribution in [3.63, 3.8) is 0 Å². The third-order valence-electron chi connectivity index (χ3n) is 4.78. The topological polar surface area (TPSA) is 66.3 Å². The van der Waals surface area contributed by atoms with Gasteiger partial charge in [-0.05, 0) is 44.0 Å². The summed E-state index contributed by atoms with van der Waals surface area (Å²) in [6, 6.07) is 4.18. The molecule has 1 amide bonds. The molecular formula is C17H29N3O2. The maximum atomic E-state index is 12.4. The van der Waals surface area contributed by atoms with Crippen LogP contribution in [0.15, 0.2) is 18.3 Å². The Bertz CT molecular complexity index is 462. The lowest BCUT2D eigenvalue weighted by Crippen LogP contribution is -2.37. The van der Waals surface area contributed by atoms with Crippen LogP contribution in [0.3, 0.4) is 0 Å². The summed E-state index contributed by atoms with van der Waals surface area (Å²) in [6.45, 7) is 6.46. The molecule has 1 unspecified atom stereocenters. The number of rotatable bonds is 7. The van der Waals surface area contributed by atoms with E-state index in [2.05, 4.69) is 29.0 Å². The average molecular weight is 307 g/mol. The quantitative estimate of drug-likeness (QED) is 0.721. The monoisotopic (exact) mass is 307 g/mol. The SMILES string of the molecule is CCC(CC)C(O)CNC(=O)c1cccn1C1CCNCC1. The zero-order valence-electron chi connectivity index (χ0n) is 13.7. The van der Waals surface area contributed by atoms with Gasteiger partial charge >= 0.3 is 0 Å². The van der Waals surface area contributed by atoms with E-state index in [0.717, 1.165) is 38.8 Å². The molecule has 2 heterocycles. The number of aromatic nitrogens is 1. The molecule has 1 aromatic rings. The summed E-state index contributed by atoms with van der Waals surface area (Å²) in [4.78, 5) is 12.4. The standard InChI is InChI=1S/C17H29N3O2/c1-3-13(4-2)16(21)12-19-17(22)15-6-5-11-20(15)14-7-9-18-10-8-14/h5-6,11,13-14,16,18,21H,3-4,7-10,12H2,1-2H3,(H,19,22). The molecule has 1 saturated heterocycles. The van der Waals surface area contributed by atoms with Gasteiger partial charge in [-0.2, -0.15) is 0 Å². The van der Waals surface area contributed by atoms with Crippen LogP contribution in [0, 0.1) is 5.92 Å². The first kappa shape index (κ1) is 17.0. The number of piperidine rings is 1. The van der Waals surface area contributed by atoms with Crippen LogP contribution in [-0.4, -0.2) is 41.3 Å². The van der Waals surface area contributed by atoms with E-state index < -0.39 is 6.10 Å². The lowest BCUT2D eigenvalue weighted by molar-refractivity contribution is 0.0807. The molecule has 124 valence electrons. The summed E-state index contributed by atoms with van der Waals surface area (Å²) in [5.74, 6) is 0.157. The minimum absolute atomic E-state index is 0.0893. The van der Waals surface area contributed by atoms with Crippen LogP contribution in [0.1, 0.15) is 56.1 Å². The number of hydrogen-bond acceptors (Lipinski definition) is 3. The third kappa shape index (κ3) is 4.11. The fraction of sp³-hybridized carbons (Fsp3) is 0.706. The fourth-order valence-electron chi connectivity index (χ4n) is 3.28. The van der Waals surface area contributed by atoms with Gasteiger partial charge in [0.2, 0.25) is 0 Å². The summed E-state index contributed by atoms with van der Waals surface area (Å²) in [6.07, 6.45) is 5.47. The minimum atomic E-state index is -0.471. The van der Waals surface area contributed by atoms with Crippen molar-refractivity contribution in [1.82, 2.24) is 15.2 Å². The Morgan fingerprint density at radius 1 is 1.41 bits per heavy atom. The highest BCUT2D eigenvalue weighted by Crippen LogP contribution is 2.21. The van der Waals surface area contributed by atoms with Crippen LogP contribution < -0.4 is 10.6 Å². The normalized spacial score (nSPS) is 17.6. The lowest BCUT2D eigenvalue weighted by atomic mass is 9.96. The number of amides is 1. The van der Waals surface area contributed by atoms with Gasteiger partial charge in [-0.15, -0.1) is 0 Å². The van der Waals surface area contributed by atoms with Crippen molar-refractivity contribution in [3.05, 3.63) is 24.0 Å². The Labute approximate surface area is 133 Å². The average Bonchev–Trinajstić information content (AvgIpc) is 3.04. The van der Waals surface area contributed by atoms with E-state index in [1.807, 2.05) is 18.3 Å². The first-order valence-electron chi connectivity index (χ1n) is 8.51. The van der Waals surface area contributed by atoms with Crippen molar-refractivity contribution < 1.29 is 9.90 Å². The molecule has 0 spiro atoms. The molecule has 22 heavy (non-hydrogen) atoms. The van der Waals surface area contributed by atoms with E-state index in [0.29, 0.717) is 18.3 Å². The molecule has 5 nitrogen and oxygen atoms in total. The molecular weight excluding hydrogens is 278 g/mol. The molecule has 0 radical (unpaired) electrons. The Balaban J connectivity index is 1.94. The second-order valence-electron chi connectivity index (χ2n) is 6.14. The van der Waals surface area contributed by atoms with Gasteiger partial charge in [-0.1, -0.05) is 26.7 Å². The first-order valence-corrected chi connectivity index (χ1v) is 8.51. The number of aliphatic hydroxyl groups excluding tert-OH is 1. The highest BCUT2D eigenvalue weighted by atomic mass is 16.3. The van der Waals surface area contributed by atoms with Crippen molar-refractivity contribution >= 4 is 5.91 Å². The van der Waals surface area contributed by atoms with Gasteiger partial charge in [0.05, 0.1) is 6.10 Å². The van der Waals surface area contributed by atoms with E-state index in [1.54, 1.807) is 0 Å².